The molecule has 1 aromatic carbocycles. The average Bonchev–Trinajstić information content (AvgIpc) is 2.57. The number of nitrogens with zero attached hydrogens (tertiary/aromatic N) is 1. The van der Waals surface area contributed by atoms with Crippen LogP contribution < -0.4 is 0 Å². The van der Waals surface area contributed by atoms with Gasteiger partial charge < -0.3 is 0 Å². The average molecular weight is 201 g/mol. The molecule has 2 rings (SSSR count). The second-order valence-electron chi connectivity index (χ2n) is 5.30. The minimum absolute atomic E-state index is 0.222. The Kier molecular flexibility index (Phi) is 2.41. The van der Waals surface area contributed by atoms with Crippen LogP contribution in [0.5, 0.6) is 0 Å². The number of aliphatic imine (C=N–C) groups is 1. The Morgan fingerprint density at radius 3 is 2.60 bits per heavy atom. The number of hydrogen-bond acceptors (Lipinski definition) is 1. The van der Waals surface area contributed by atoms with E-state index >= 15 is 0 Å². The molecule has 1 heterocycles. The van der Waals surface area contributed by atoms with E-state index in [0.717, 1.165) is 12.8 Å². The van der Waals surface area contributed by atoms with E-state index in [1.165, 1.54) is 22.5 Å². The molecule has 0 radical (unpaired) electrons. The van der Waals surface area contributed by atoms with Crippen LogP contribution in [-0.4, -0.2) is 5.71 Å². The maximum Gasteiger partial charge on any atom is 0.0667 e. The van der Waals surface area contributed by atoms with Crippen molar-refractivity contribution < 1.29 is 0 Å². The van der Waals surface area contributed by atoms with Gasteiger partial charge in [0, 0.05) is 12.1 Å². The quantitative estimate of drug-likeness (QED) is 0.650. The van der Waals surface area contributed by atoms with Crippen molar-refractivity contribution in [3.63, 3.8) is 0 Å². The third-order valence-corrected chi connectivity index (χ3v) is 3.03. The van der Waals surface area contributed by atoms with Crippen molar-refractivity contribution in [1.29, 1.82) is 0 Å². The van der Waals surface area contributed by atoms with Gasteiger partial charge in [0.05, 0.1) is 5.69 Å². The van der Waals surface area contributed by atoms with Gasteiger partial charge in [0.25, 0.3) is 0 Å². The molecule has 80 valence electrons. The zero-order chi connectivity index (χ0) is 11.1. The lowest BCUT2D eigenvalue weighted by atomic mass is 9.86. The van der Waals surface area contributed by atoms with Gasteiger partial charge in [0.15, 0.2) is 0 Å². The summed E-state index contributed by atoms with van der Waals surface area (Å²) in [5.41, 5.74) is 5.50. The van der Waals surface area contributed by atoms with Crippen molar-refractivity contribution in [2.45, 2.75) is 46.0 Å². The smallest absolute Gasteiger partial charge is 0.0667 e. The molecule has 1 aliphatic heterocycles. The lowest BCUT2D eigenvalue weighted by Crippen LogP contribution is -2.10. The van der Waals surface area contributed by atoms with Crippen LogP contribution in [-0.2, 0) is 11.8 Å². The summed E-state index contributed by atoms with van der Waals surface area (Å²) in [6, 6.07) is 6.73. The molecule has 0 aliphatic carbocycles. The molecule has 1 aromatic rings. The lowest BCUT2D eigenvalue weighted by Gasteiger charge is -2.19. The third-order valence-electron chi connectivity index (χ3n) is 3.03. The van der Waals surface area contributed by atoms with E-state index in [-0.39, 0.29) is 5.41 Å². The normalized spacial score (nSPS) is 15.1. The predicted octanol–water partition coefficient (Wildman–Crippen LogP) is 4.02. The van der Waals surface area contributed by atoms with Crippen LogP contribution in [0.4, 0.5) is 5.69 Å². The monoisotopic (exact) mass is 201 g/mol. The summed E-state index contributed by atoms with van der Waals surface area (Å²) in [5, 5.41) is 0. The van der Waals surface area contributed by atoms with Crippen molar-refractivity contribution >= 4 is 11.4 Å². The summed E-state index contributed by atoms with van der Waals surface area (Å²) in [6.45, 7) is 8.91. The van der Waals surface area contributed by atoms with Gasteiger partial charge in [-0.05, 0) is 29.0 Å². The van der Waals surface area contributed by atoms with Crippen molar-refractivity contribution in [3.05, 3.63) is 29.3 Å². The van der Waals surface area contributed by atoms with Gasteiger partial charge in [-0.1, -0.05) is 39.8 Å². The van der Waals surface area contributed by atoms with Crippen LogP contribution in [0.25, 0.3) is 0 Å². The molecule has 0 saturated carbocycles. The largest absolute Gasteiger partial charge is 0.257 e. The number of hydrogen-bond donors (Lipinski definition) is 0. The fourth-order valence-corrected chi connectivity index (χ4v) is 1.92. The highest BCUT2D eigenvalue weighted by Crippen LogP contribution is 2.32. The van der Waals surface area contributed by atoms with E-state index in [2.05, 4.69) is 50.9 Å². The van der Waals surface area contributed by atoms with Crippen molar-refractivity contribution in [1.82, 2.24) is 0 Å². The summed E-state index contributed by atoms with van der Waals surface area (Å²) in [4.78, 5) is 4.66. The van der Waals surface area contributed by atoms with Crippen LogP contribution in [0.15, 0.2) is 23.2 Å². The molecule has 0 fully saturated rings. The number of rotatable bonds is 1. The molecule has 0 atom stereocenters. The van der Waals surface area contributed by atoms with Gasteiger partial charge in [-0.15, -0.1) is 0 Å². The molecule has 0 unspecified atom stereocenters. The molecule has 0 aromatic heterocycles. The summed E-state index contributed by atoms with van der Waals surface area (Å²) in [6.07, 6.45) is 2.12. The summed E-state index contributed by atoms with van der Waals surface area (Å²) >= 11 is 0. The Balaban J connectivity index is 2.40. The van der Waals surface area contributed by atoms with Gasteiger partial charge in [-0.3, -0.25) is 4.99 Å². The van der Waals surface area contributed by atoms with Crippen LogP contribution in [0, 0.1) is 0 Å². The van der Waals surface area contributed by atoms with E-state index < -0.39 is 0 Å². The van der Waals surface area contributed by atoms with E-state index in [9.17, 15) is 0 Å². The van der Waals surface area contributed by atoms with Crippen LogP contribution in [0.1, 0.15) is 45.2 Å². The fourth-order valence-electron chi connectivity index (χ4n) is 1.92. The van der Waals surface area contributed by atoms with Gasteiger partial charge >= 0.3 is 0 Å². The molecule has 0 N–H and O–H groups in total. The van der Waals surface area contributed by atoms with Gasteiger partial charge in [0.2, 0.25) is 0 Å². The van der Waals surface area contributed by atoms with Gasteiger partial charge in [-0.25, -0.2) is 0 Å². The van der Waals surface area contributed by atoms with Crippen molar-refractivity contribution in [2.75, 3.05) is 0 Å². The molecule has 1 aliphatic rings. The maximum atomic E-state index is 4.66. The standard InChI is InChI=1S/C14H19N/c1-5-12-8-10-6-7-11(14(2,3)4)9-13(10)15-12/h6-7,9H,5,8H2,1-4H3. The van der Waals surface area contributed by atoms with E-state index in [1.807, 2.05) is 0 Å². The molecular formula is C14H19N. The Morgan fingerprint density at radius 1 is 1.27 bits per heavy atom. The highest BCUT2D eigenvalue weighted by Gasteiger charge is 2.18. The Morgan fingerprint density at radius 2 is 2.00 bits per heavy atom. The minimum Gasteiger partial charge on any atom is -0.257 e. The summed E-state index contributed by atoms with van der Waals surface area (Å²) in [5.74, 6) is 0. The first-order valence-corrected chi connectivity index (χ1v) is 5.70. The molecule has 0 saturated heterocycles. The lowest BCUT2D eigenvalue weighted by molar-refractivity contribution is 0.590. The predicted molar refractivity (Wildman–Crippen MR) is 66.2 cm³/mol. The van der Waals surface area contributed by atoms with Gasteiger partial charge in [-0.2, -0.15) is 0 Å². The summed E-state index contributed by atoms with van der Waals surface area (Å²) < 4.78 is 0. The van der Waals surface area contributed by atoms with E-state index in [0.29, 0.717) is 0 Å². The van der Waals surface area contributed by atoms with Crippen LogP contribution >= 0.6 is 0 Å². The Labute approximate surface area is 92.2 Å². The third kappa shape index (κ3) is 1.97. The number of fused-ring (bicyclic) bond motifs is 1. The fraction of sp³-hybridized carbons (Fsp3) is 0.500. The highest BCUT2D eigenvalue weighted by atomic mass is 14.8. The molecule has 1 heteroatoms. The molecule has 1 nitrogen and oxygen atoms in total. The van der Waals surface area contributed by atoms with E-state index in [1.54, 1.807) is 0 Å². The number of benzene rings is 1. The highest BCUT2D eigenvalue weighted by molar-refractivity contribution is 5.93. The first kappa shape index (κ1) is 10.4. The molecule has 15 heavy (non-hydrogen) atoms. The van der Waals surface area contributed by atoms with Crippen molar-refractivity contribution in [2.24, 2.45) is 4.99 Å². The molecule has 0 bridgehead atoms. The maximum absolute atomic E-state index is 4.66. The topological polar surface area (TPSA) is 12.4 Å². The summed E-state index contributed by atoms with van der Waals surface area (Å²) in [7, 11) is 0. The zero-order valence-corrected chi connectivity index (χ0v) is 10.1. The second kappa shape index (κ2) is 3.48. The molecule has 0 spiro atoms. The van der Waals surface area contributed by atoms with E-state index in [4.69, 9.17) is 0 Å². The SMILES string of the molecule is CCC1=Nc2cc(C(C)(C)C)ccc2C1. The Bertz CT molecular complexity index is 408. The van der Waals surface area contributed by atoms with Crippen molar-refractivity contribution in [3.8, 4) is 0 Å². The first-order valence-electron chi connectivity index (χ1n) is 5.70. The van der Waals surface area contributed by atoms with Gasteiger partial charge in [0.1, 0.15) is 0 Å². The second-order valence-corrected chi connectivity index (χ2v) is 5.30. The Hall–Kier alpha value is -1.11. The molecular weight excluding hydrogens is 182 g/mol. The first-order chi connectivity index (χ1) is 7.00. The zero-order valence-electron chi connectivity index (χ0n) is 10.1. The molecule has 0 amide bonds. The minimum atomic E-state index is 0.222. The van der Waals surface area contributed by atoms with Crippen LogP contribution in [0.3, 0.4) is 0 Å². The van der Waals surface area contributed by atoms with Crippen LogP contribution in [0.2, 0.25) is 0 Å².